The Hall–Kier alpha value is -0.880. The number of imidazole rings is 1. The predicted molar refractivity (Wildman–Crippen MR) is 63.4 cm³/mol. The molecule has 1 N–H and O–H groups in total. The standard InChI is InChI=1S/C9H10BrN3OS/c1-5(2)11-8(14)6-7(10)13-3-4-15-9(13)12-6/h3-5H,1-2H3,(H,11,14). The first-order valence-corrected chi connectivity index (χ1v) is 6.18. The second kappa shape index (κ2) is 3.94. The van der Waals surface area contributed by atoms with Crippen molar-refractivity contribution in [2.45, 2.75) is 19.9 Å². The molecule has 0 aliphatic rings. The van der Waals surface area contributed by atoms with Gasteiger partial charge in [-0.25, -0.2) is 4.98 Å². The summed E-state index contributed by atoms with van der Waals surface area (Å²) < 4.78 is 2.55. The molecule has 0 atom stereocenters. The summed E-state index contributed by atoms with van der Waals surface area (Å²) in [4.78, 5) is 16.8. The minimum absolute atomic E-state index is 0.115. The molecule has 4 nitrogen and oxygen atoms in total. The van der Waals surface area contributed by atoms with Gasteiger partial charge in [0.2, 0.25) is 0 Å². The number of nitrogens with zero attached hydrogens (tertiary/aromatic N) is 2. The van der Waals surface area contributed by atoms with Crippen molar-refractivity contribution in [1.29, 1.82) is 0 Å². The smallest absolute Gasteiger partial charge is 0.272 e. The second-order valence-corrected chi connectivity index (χ2v) is 5.06. The van der Waals surface area contributed by atoms with Gasteiger partial charge in [-0.05, 0) is 29.8 Å². The van der Waals surface area contributed by atoms with Gasteiger partial charge in [0.25, 0.3) is 5.91 Å². The maximum Gasteiger partial charge on any atom is 0.272 e. The first-order valence-electron chi connectivity index (χ1n) is 4.51. The van der Waals surface area contributed by atoms with E-state index in [1.54, 1.807) is 0 Å². The molecule has 0 saturated heterocycles. The first-order chi connectivity index (χ1) is 7.09. The van der Waals surface area contributed by atoms with Crippen molar-refractivity contribution in [2.24, 2.45) is 0 Å². The number of hydrogen-bond donors (Lipinski definition) is 1. The highest BCUT2D eigenvalue weighted by Crippen LogP contribution is 2.22. The van der Waals surface area contributed by atoms with Gasteiger partial charge in [0.1, 0.15) is 4.60 Å². The molecule has 15 heavy (non-hydrogen) atoms. The zero-order valence-corrected chi connectivity index (χ0v) is 10.7. The van der Waals surface area contributed by atoms with Crippen LogP contribution in [0.5, 0.6) is 0 Å². The number of fused-ring (bicyclic) bond motifs is 1. The Balaban J connectivity index is 2.39. The monoisotopic (exact) mass is 287 g/mol. The Morgan fingerprint density at radius 2 is 2.40 bits per heavy atom. The normalized spacial score (nSPS) is 11.2. The highest BCUT2D eigenvalue weighted by atomic mass is 79.9. The Labute approximate surface area is 99.4 Å². The minimum Gasteiger partial charge on any atom is -0.348 e. The number of carbonyl (C=O) groups excluding carboxylic acids is 1. The van der Waals surface area contributed by atoms with E-state index in [9.17, 15) is 4.79 Å². The van der Waals surface area contributed by atoms with E-state index in [2.05, 4.69) is 26.2 Å². The Bertz CT molecular complexity index is 502. The topological polar surface area (TPSA) is 46.4 Å². The van der Waals surface area contributed by atoms with Gasteiger partial charge in [-0.1, -0.05) is 0 Å². The van der Waals surface area contributed by atoms with Gasteiger partial charge in [-0.2, -0.15) is 0 Å². The summed E-state index contributed by atoms with van der Waals surface area (Å²) in [6.45, 7) is 3.84. The van der Waals surface area contributed by atoms with Crippen LogP contribution in [0.3, 0.4) is 0 Å². The van der Waals surface area contributed by atoms with Crippen LogP contribution in [-0.4, -0.2) is 21.3 Å². The molecule has 0 aromatic carbocycles. The van der Waals surface area contributed by atoms with E-state index in [4.69, 9.17) is 0 Å². The maximum absolute atomic E-state index is 11.7. The molecule has 0 fully saturated rings. The Morgan fingerprint density at radius 3 is 3.00 bits per heavy atom. The van der Waals surface area contributed by atoms with Crippen LogP contribution in [-0.2, 0) is 0 Å². The molecule has 0 aliphatic heterocycles. The summed E-state index contributed by atoms with van der Waals surface area (Å²) in [5.41, 5.74) is 0.440. The molecule has 80 valence electrons. The largest absolute Gasteiger partial charge is 0.348 e. The Kier molecular flexibility index (Phi) is 2.79. The SMILES string of the molecule is CC(C)NC(=O)c1nc2sccn2c1Br. The fraction of sp³-hybridized carbons (Fsp3) is 0.333. The van der Waals surface area contributed by atoms with Crippen molar-refractivity contribution in [1.82, 2.24) is 14.7 Å². The summed E-state index contributed by atoms with van der Waals surface area (Å²) in [6.07, 6.45) is 1.88. The second-order valence-electron chi connectivity index (χ2n) is 3.43. The quantitative estimate of drug-likeness (QED) is 0.921. The van der Waals surface area contributed by atoms with Crippen LogP contribution in [0, 0.1) is 0 Å². The average molecular weight is 288 g/mol. The third kappa shape index (κ3) is 1.91. The van der Waals surface area contributed by atoms with E-state index in [1.807, 2.05) is 29.8 Å². The average Bonchev–Trinajstić information content (AvgIpc) is 2.67. The molecule has 0 saturated carbocycles. The van der Waals surface area contributed by atoms with Crippen molar-refractivity contribution in [3.05, 3.63) is 21.9 Å². The Morgan fingerprint density at radius 1 is 1.67 bits per heavy atom. The zero-order valence-electron chi connectivity index (χ0n) is 8.32. The van der Waals surface area contributed by atoms with Crippen LogP contribution in [0.25, 0.3) is 4.96 Å². The van der Waals surface area contributed by atoms with Gasteiger partial charge >= 0.3 is 0 Å². The van der Waals surface area contributed by atoms with Gasteiger partial charge in [0.05, 0.1) is 0 Å². The van der Waals surface area contributed by atoms with Crippen molar-refractivity contribution in [2.75, 3.05) is 0 Å². The van der Waals surface area contributed by atoms with Crippen molar-refractivity contribution in [3.63, 3.8) is 0 Å². The van der Waals surface area contributed by atoms with E-state index in [0.29, 0.717) is 10.3 Å². The molecule has 2 aromatic heterocycles. The van der Waals surface area contributed by atoms with Gasteiger partial charge < -0.3 is 5.32 Å². The number of amides is 1. The summed E-state index contributed by atoms with van der Waals surface area (Å²) in [7, 11) is 0. The third-order valence-electron chi connectivity index (χ3n) is 1.84. The molecule has 6 heteroatoms. The minimum atomic E-state index is -0.146. The van der Waals surface area contributed by atoms with Crippen LogP contribution in [0.1, 0.15) is 24.3 Å². The van der Waals surface area contributed by atoms with Crippen molar-refractivity contribution in [3.8, 4) is 0 Å². The van der Waals surface area contributed by atoms with E-state index in [1.165, 1.54) is 11.3 Å². The van der Waals surface area contributed by atoms with E-state index in [0.717, 1.165) is 4.96 Å². The molecule has 0 spiro atoms. The summed E-state index contributed by atoms with van der Waals surface area (Å²) in [6, 6.07) is 0.115. The lowest BCUT2D eigenvalue weighted by molar-refractivity contribution is 0.0938. The zero-order chi connectivity index (χ0) is 11.0. The molecule has 2 rings (SSSR count). The van der Waals surface area contributed by atoms with Gasteiger partial charge in [-0.3, -0.25) is 9.20 Å². The summed E-state index contributed by atoms with van der Waals surface area (Å²) >= 11 is 4.87. The number of carbonyl (C=O) groups is 1. The lowest BCUT2D eigenvalue weighted by Gasteiger charge is -2.05. The molecule has 2 heterocycles. The molecule has 2 aromatic rings. The number of halogens is 1. The fourth-order valence-corrected chi connectivity index (χ4v) is 2.62. The number of nitrogens with one attached hydrogen (secondary N) is 1. The molecule has 1 amide bonds. The number of aromatic nitrogens is 2. The summed E-state index contributed by atoms with van der Waals surface area (Å²) in [5, 5.41) is 4.74. The molecule has 0 unspecified atom stereocenters. The predicted octanol–water partition coefficient (Wildman–Crippen LogP) is 2.30. The molecular weight excluding hydrogens is 278 g/mol. The van der Waals surface area contributed by atoms with Crippen LogP contribution < -0.4 is 5.32 Å². The van der Waals surface area contributed by atoms with Crippen molar-refractivity contribution >= 4 is 38.1 Å². The van der Waals surface area contributed by atoms with Crippen molar-refractivity contribution < 1.29 is 4.79 Å². The maximum atomic E-state index is 11.7. The highest BCUT2D eigenvalue weighted by Gasteiger charge is 2.17. The van der Waals surface area contributed by atoms with E-state index >= 15 is 0 Å². The van der Waals surface area contributed by atoms with Crippen LogP contribution >= 0.6 is 27.3 Å². The van der Waals surface area contributed by atoms with E-state index < -0.39 is 0 Å². The van der Waals surface area contributed by atoms with E-state index in [-0.39, 0.29) is 11.9 Å². The number of rotatable bonds is 2. The molecule has 0 radical (unpaired) electrons. The number of hydrogen-bond acceptors (Lipinski definition) is 3. The van der Waals surface area contributed by atoms with Gasteiger partial charge in [0.15, 0.2) is 10.7 Å². The van der Waals surface area contributed by atoms with Crippen LogP contribution in [0.15, 0.2) is 16.2 Å². The molecular formula is C9H10BrN3OS. The fourth-order valence-electron chi connectivity index (χ4n) is 1.23. The third-order valence-corrected chi connectivity index (χ3v) is 3.35. The summed E-state index contributed by atoms with van der Waals surface area (Å²) in [5.74, 6) is -0.146. The van der Waals surface area contributed by atoms with Gasteiger partial charge in [-0.15, -0.1) is 11.3 Å². The lowest BCUT2D eigenvalue weighted by Crippen LogP contribution is -2.30. The highest BCUT2D eigenvalue weighted by molar-refractivity contribution is 9.10. The lowest BCUT2D eigenvalue weighted by atomic mass is 10.3. The van der Waals surface area contributed by atoms with Gasteiger partial charge in [0, 0.05) is 17.6 Å². The van der Waals surface area contributed by atoms with Crippen LogP contribution in [0.2, 0.25) is 0 Å². The van der Waals surface area contributed by atoms with Crippen LogP contribution in [0.4, 0.5) is 0 Å². The molecule has 0 bridgehead atoms. The molecule has 0 aliphatic carbocycles. The number of thiazole rings is 1. The first kappa shape index (κ1) is 10.6.